The standard InChI is InChI=1S/C15H14O4/c16-14(17)9-12(15(18)19)8-11-6-3-5-10-4-1-2-7-13(10)11/h1-7,12H,8-9H2,(H,16,17)(H,18,19). The molecule has 4 heteroatoms. The van der Waals surface area contributed by atoms with Gasteiger partial charge in [0.15, 0.2) is 0 Å². The largest absolute Gasteiger partial charge is 0.481 e. The van der Waals surface area contributed by atoms with E-state index in [0.29, 0.717) is 0 Å². The van der Waals surface area contributed by atoms with Crippen LogP contribution in [0.3, 0.4) is 0 Å². The Hall–Kier alpha value is -2.36. The van der Waals surface area contributed by atoms with E-state index in [2.05, 4.69) is 0 Å². The van der Waals surface area contributed by atoms with Crippen molar-refractivity contribution in [1.29, 1.82) is 0 Å². The van der Waals surface area contributed by atoms with Crippen LogP contribution >= 0.6 is 0 Å². The van der Waals surface area contributed by atoms with E-state index in [1.807, 2.05) is 42.5 Å². The lowest BCUT2D eigenvalue weighted by atomic mass is 9.93. The summed E-state index contributed by atoms with van der Waals surface area (Å²) >= 11 is 0. The van der Waals surface area contributed by atoms with Crippen LogP contribution in [0.4, 0.5) is 0 Å². The van der Waals surface area contributed by atoms with Gasteiger partial charge in [0.2, 0.25) is 0 Å². The van der Waals surface area contributed by atoms with Crippen molar-refractivity contribution < 1.29 is 19.8 Å². The molecule has 19 heavy (non-hydrogen) atoms. The highest BCUT2D eigenvalue weighted by Gasteiger charge is 2.22. The number of carboxylic acid groups (broad SMARTS) is 2. The molecule has 2 rings (SSSR count). The minimum atomic E-state index is -1.09. The van der Waals surface area contributed by atoms with Gasteiger partial charge in [0.05, 0.1) is 12.3 Å². The third-order valence-electron chi connectivity index (χ3n) is 3.12. The molecule has 0 saturated heterocycles. The number of benzene rings is 2. The summed E-state index contributed by atoms with van der Waals surface area (Å²) in [4.78, 5) is 21.8. The van der Waals surface area contributed by atoms with Gasteiger partial charge in [-0.2, -0.15) is 0 Å². The second-order valence-corrected chi connectivity index (χ2v) is 4.48. The fourth-order valence-corrected chi connectivity index (χ4v) is 2.19. The summed E-state index contributed by atoms with van der Waals surface area (Å²) in [6.45, 7) is 0. The lowest BCUT2D eigenvalue weighted by Crippen LogP contribution is -2.20. The van der Waals surface area contributed by atoms with Crippen LogP contribution in [0.15, 0.2) is 42.5 Å². The van der Waals surface area contributed by atoms with E-state index in [9.17, 15) is 9.59 Å². The molecule has 0 fully saturated rings. The van der Waals surface area contributed by atoms with E-state index in [4.69, 9.17) is 10.2 Å². The maximum absolute atomic E-state index is 11.1. The molecule has 0 aliphatic carbocycles. The number of hydrogen-bond donors (Lipinski definition) is 2. The topological polar surface area (TPSA) is 74.6 Å². The minimum Gasteiger partial charge on any atom is -0.481 e. The first-order chi connectivity index (χ1) is 9.08. The second-order valence-electron chi connectivity index (χ2n) is 4.48. The molecule has 2 aromatic carbocycles. The molecule has 0 aromatic heterocycles. The van der Waals surface area contributed by atoms with Gasteiger partial charge in [-0.25, -0.2) is 0 Å². The number of carboxylic acids is 2. The molecule has 0 spiro atoms. The highest BCUT2D eigenvalue weighted by Crippen LogP contribution is 2.22. The highest BCUT2D eigenvalue weighted by molar-refractivity contribution is 5.86. The van der Waals surface area contributed by atoms with Crippen LogP contribution in [0.5, 0.6) is 0 Å². The van der Waals surface area contributed by atoms with Crippen molar-refractivity contribution in [2.45, 2.75) is 12.8 Å². The van der Waals surface area contributed by atoms with Gasteiger partial charge < -0.3 is 10.2 Å². The Kier molecular flexibility index (Phi) is 3.80. The highest BCUT2D eigenvalue weighted by atomic mass is 16.4. The SMILES string of the molecule is O=C(O)CC(Cc1cccc2ccccc12)C(=O)O. The number of rotatable bonds is 5. The summed E-state index contributed by atoms with van der Waals surface area (Å²) in [6.07, 6.45) is -0.137. The van der Waals surface area contributed by atoms with Crippen LogP contribution in [0.2, 0.25) is 0 Å². The molecule has 98 valence electrons. The Morgan fingerprint density at radius 2 is 1.68 bits per heavy atom. The minimum absolute atomic E-state index is 0.225. The first-order valence-corrected chi connectivity index (χ1v) is 5.99. The molecule has 0 radical (unpaired) electrons. The summed E-state index contributed by atoms with van der Waals surface area (Å²) in [6, 6.07) is 13.3. The van der Waals surface area contributed by atoms with Gasteiger partial charge in [-0.1, -0.05) is 42.5 Å². The fourth-order valence-electron chi connectivity index (χ4n) is 2.19. The third-order valence-corrected chi connectivity index (χ3v) is 3.12. The molecule has 4 nitrogen and oxygen atoms in total. The van der Waals surface area contributed by atoms with Crippen molar-refractivity contribution in [2.24, 2.45) is 5.92 Å². The molecule has 0 heterocycles. The van der Waals surface area contributed by atoms with E-state index in [0.717, 1.165) is 16.3 Å². The zero-order chi connectivity index (χ0) is 13.8. The van der Waals surface area contributed by atoms with Gasteiger partial charge in [-0.3, -0.25) is 9.59 Å². The van der Waals surface area contributed by atoms with Crippen molar-refractivity contribution in [3.05, 3.63) is 48.0 Å². The molecular formula is C15H14O4. The van der Waals surface area contributed by atoms with Crippen molar-refractivity contribution in [3.8, 4) is 0 Å². The van der Waals surface area contributed by atoms with Gasteiger partial charge in [0.25, 0.3) is 0 Å². The first kappa shape index (κ1) is 13.1. The zero-order valence-electron chi connectivity index (χ0n) is 10.2. The molecule has 0 aliphatic rings. The Morgan fingerprint density at radius 1 is 1.00 bits per heavy atom. The fraction of sp³-hybridized carbons (Fsp3) is 0.200. The maximum Gasteiger partial charge on any atom is 0.307 e. The summed E-state index contributed by atoms with van der Waals surface area (Å²) in [5.41, 5.74) is 0.867. The van der Waals surface area contributed by atoms with Gasteiger partial charge >= 0.3 is 11.9 Å². The molecule has 2 aromatic rings. The molecule has 0 saturated carbocycles. The van der Waals surface area contributed by atoms with Crippen molar-refractivity contribution in [1.82, 2.24) is 0 Å². The Balaban J connectivity index is 2.33. The summed E-state index contributed by atoms with van der Waals surface area (Å²) in [5, 5.41) is 19.9. The van der Waals surface area contributed by atoms with E-state index < -0.39 is 17.9 Å². The Labute approximate surface area is 110 Å². The average Bonchev–Trinajstić information content (AvgIpc) is 2.37. The van der Waals surface area contributed by atoms with Crippen LogP contribution in [0.25, 0.3) is 10.8 Å². The summed E-state index contributed by atoms with van der Waals surface area (Å²) in [7, 11) is 0. The predicted molar refractivity (Wildman–Crippen MR) is 71.0 cm³/mol. The monoisotopic (exact) mass is 258 g/mol. The molecule has 0 aliphatic heterocycles. The van der Waals surface area contributed by atoms with Crippen LogP contribution in [-0.2, 0) is 16.0 Å². The number of carbonyl (C=O) groups is 2. The van der Waals surface area contributed by atoms with Gasteiger partial charge in [-0.15, -0.1) is 0 Å². The van der Waals surface area contributed by atoms with Gasteiger partial charge in [0.1, 0.15) is 0 Å². The summed E-state index contributed by atoms with van der Waals surface area (Å²) < 4.78 is 0. The van der Waals surface area contributed by atoms with Crippen LogP contribution < -0.4 is 0 Å². The van der Waals surface area contributed by atoms with Gasteiger partial charge in [-0.05, 0) is 22.8 Å². The van der Waals surface area contributed by atoms with Crippen LogP contribution in [0.1, 0.15) is 12.0 Å². The average molecular weight is 258 g/mol. The first-order valence-electron chi connectivity index (χ1n) is 5.99. The predicted octanol–water partition coefficient (Wildman–Crippen LogP) is 2.56. The number of aliphatic carboxylic acids is 2. The van der Waals surface area contributed by atoms with Crippen molar-refractivity contribution >= 4 is 22.7 Å². The number of fused-ring (bicyclic) bond motifs is 1. The second kappa shape index (κ2) is 5.52. The lowest BCUT2D eigenvalue weighted by Gasteiger charge is -2.12. The Bertz CT molecular complexity index is 613. The molecule has 0 amide bonds. The molecule has 1 unspecified atom stereocenters. The van der Waals surface area contributed by atoms with Crippen LogP contribution in [-0.4, -0.2) is 22.2 Å². The zero-order valence-corrected chi connectivity index (χ0v) is 10.2. The molecule has 0 bridgehead atoms. The Morgan fingerprint density at radius 3 is 2.37 bits per heavy atom. The summed E-state index contributed by atoms with van der Waals surface area (Å²) in [5.74, 6) is -3.06. The quantitative estimate of drug-likeness (QED) is 0.864. The lowest BCUT2D eigenvalue weighted by molar-refractivity contribution is -0.148. The normalized spacial score (nSPS) is 12.2. The number of hydrogen-bond acceptors (Lipinski definition) is 2. The molecule has 2 N–H and O–H groups in total. The maximum atomic E-state index is 11.1. The van der Waals surface area contributed by atoms with E-state index in [1.54, 1.807) is 0 Å². The van der Waals surface area contributed by atoms with Crippen molar-refractivity contribution in [3.63, 3.8) is 0 Å². The van der Waals surface area contributed by atoms with E-state index in [1.165, 1.54) is 0 Å². The van der Waals surface area contributed by atoms with Gasteiger partial charge in [0, 0.05) is 0 Å². The van der Waals surface area contributed by atoms with E-state index >= 15 is 0 Å². The molecular weight excluding hydrogens is 244 g/mol. The van der Waals surface area contributed by atoms with Crippen LogP contribution in [0, 0.1) is 5.92 Å². The smallest absolute Gasteiger partial charge is 0.307 e. The van der Waals surface area contributed by atoms with E-state index in [-0.39, 0.29) is 12.8 Å². The van der Waals surface area contributed by atoms with Crippen molar-refractivity contribution in [2.75, 3.05) is 0 Å². The third kappa shape index (κ3) is 3.10. The molecule has 1 atom stereocenters.